The Balaban J connectivity index is 0. The number of thiazole rings is 1. The monoisotopic (exact) mass is 178 g/mol. The number of hydrogen-bond donors (Lipinski definition) is 0. The third-order valence-corrected chi connectivity index (χ3v) is 1.96. The Kier molecular flexibility index (Phi) is 7.65. The molecule has 5 heteroatoms. The molecular weight excluding hydrogens is 169 g/mol. The maximum atomic E-state index is 10.1. The fraction of sp³-hybridized carbons (Fsp3) is 0.429. The van der Waals surface area contributed by atoms with Crippen molar-refractivity contribution in [3.8, 4) is 0 Å². The van der Waals surface area contributed by atoms with E-state index in [0.29, 0.717) is 10.9 Å². The number of rotatable bonds is 2. The van der Waals surface area contributed by atoms with Crippen LogP contribution < -0.4 is 18.9 Å². The Bertz CT molecular complexity index is 237. The van der Waals surface area contributed by atoms with Gasteiger partial charge in [0.25, 0.3) is 0 Å². The second-order valence-electron chi connectivity index (χ2n) is 2.33. The minimum Gasteiger partial charge on any atom is -0.870 e. The van der Waals surface area contributed by atoms with E-state index in [1.54, 1.807) is 6.29 Å². The predicted molar refractivity (Wildman–Crippen MR) is 42.9 cm³/mol. The van der Waals surface area contributed by atoms with Crippen molar-refractivity contribution in [1.82, 2.24) is 4.98 Å². The van der Waals surface area contributed by atoms with Crippen LogP contribution in [0.3, 0.4) is 0 Å². The van der Waals surface area contributed by atoms with Crippen LogP contribution in [0.15, 0.2) is 5.38 Å². The van der Waals surface area contributed by atoms with Crippen LogP contribution in [0.2, 0.25) is 0 Å². The Morgan fingerprint density at radius 2 is 2.17 bits per heavy atom. The van der Waals surface area contributed by atoms with Crippen molar-refractivity contribution in [3.05, 3.63) is 16.1 Å². The van der Waals surface area contributed by atoms with Crippen molar-refractivity contribution < 1.29 is 29.1 Å². The molecule has 0 amide bonds. The molecule has 0 aliphatic rings. The summed E-state index contributed by atoms with van der Waals surface area (Å²) < 4.78 is 0. The fourth-order valence-corrected chi connectivity index (χ4v) is 1.36. The molecule has 1 aromatic heterocycles. The Labute approximate surface area is 87.7 Å². The fourth-order valence-electron chi connectivity index (χ4n) is 0.598. The summed E-state index contributed by atoms with van der Waals surface area (Å²) in [6.45, 7) is 4.09. The van der Waals surface area contributed by atoms with Gasteiger partial charge in [0.2, 0.25) is 0 Å². The van der Waals surface area contributed by atoms with E-state index >= 15 is 0 Å². The number of hydrogen-bond acceptors (Lipinski definition) is 4. The zero-order valence-electron chi connectivity index (χ0n) is 7.37. The van der Waals surface area contributed by atoms with E-state index in [9.17, 15) is 4.79 Å². The smallest absolute Gasteiger partial charge is 0.870 e. The van der Waals surface area contributed by atoms with E-state index in [1.165, 1.54) is 11.3 Å². The Hall–Kier alpha value is -0.143. The van der Waals surface area contributed by atoms with Gasteiger partial charge in [-0.3, -0.25) is 4.98 Å². The molecule has 1 N–H and O–H groups in total. The van der Waals surface area contributed by atoms with Gasteiger partial charge in [-0.1, -0.05) is 13.8 Å². The van der Waals surface area contributed by atoms with E-state index < -0.39 is 0 Å². The molecule has 0 unspecified atom stereocenters. The van der Waals surface area contributed by atoms with E-state index in [0.717, 1.165) is 5.69 Å². The van der Waals surface area contributed by atoms with Crippen LogP contribution in [0.25, 0.3) is 0 Å². The van der Waals surface area contributed by atoms with Gasteiger partial charge in [0.05, 0.1) is 5.69 Å². The average molecular weight is 178 g/mol. The first kappa shape index (κ1) is 14.4. The summed E-state index contributed by atoms with van der Waals surface area (Å²) in [5.41, 5.74) is 0.975. The Morgan fingerprint density at radius 3 is 2.42 bits per heavy atom. The Morgan fingerprint density at radius 1 is 1.58 bits per heavy atom. The summed E-state index contributed by atoms with van der Waals surface area (Å²) >= 11 is 1.34. The van der Waals surface area contributed by atoms with Gasteiger partial charge in [-0.25, -0.2) is 6.29 Å². The number of nitrogens with zero attached hydrogens (tertiary/aromatic N) is 1. The van der Waals surface area contributed by atoms with Gasteiger partial charge in [0.15, 0.2) is 0 Å². The maximum Gasteiger partial charge on any atom is 1.00 e. The molecule has 0 saturated heterocycles. The molecule has 0 radical (unpaired) electrons. The molecule has 0 fully saturated rings. The zero-order valence-corrected chi connectivity index (χ0v) is 8.18. The summed E-state index contributed by atoms with van der Waals surface area (Å²) in [5.74, 6) is 0.401. The molecule has 1 rings (SSSR count). The van der Waals surface area contributed by atoms with Crippen molar-refractivity contribution in [3.63, 3.8) is 0 Å². The van der Waals surface area contributed by atoms with Gasteiger partial charge in [-0.2, -0.15) is 11.3 Å². The van der Waals surface area contributed by atoms with Gasteiger partial charge in [-0.15, -0.1) is 0 Å². The van der Waals surface area contributed by atoms with Crippen LogP contribution >= 0.6 is 11.3 Å². The van der Waals surface area contributed by atoms with Gasteiger partial charge in [0.1, 0.15) is 0 Å². The van der Waals surface area contributed by atoms with Crippen LogP contribution in [-0.4, -0.2) is 16.7 Å². The summed E-state index contributed by atoms with van der Waals surface area (Å²) in [6.07, 6.45) is 1.76. The molecule has 1 aromatic rings. The summed E-state index contributed by atoms with van der Waals surface area (Å²) in [6, 6.07) is 0. The summed E-state index contributed by atoms with van der Waals surface area (Å²) in [4.78, 5) is 14.1. The molecule has 0 bridgehead atoms. The van der Waals surface area contributed by atoms with Gasteiger partial charge >= 0.3 is 18.9 Å². The van der Waals surface area contributed by atoms with Crippen LogP contribution in [0.5, 0.6) is 0 Å². The first-order valence-electron chi connectivity index (χ1n) is 3.07. The molecule has 3 nitrogen and oxygen atoms in total. The molecule has 0 spiro atoms. The van der Waals surface area contributed by atoms with E-state index in [1.807, 2.05) is 19.2 Å². The van der Waals surface area contributed by atoms with Crippen LogP contribution in [0, 0.1) is 0 Å². The molecule has 0 aliphatic heterocycles. The molecule has 0 atom stereocenters. The van der Waals surface area contributed by atoms with E-state index in [4.69, 9.17) is 0 Å². The number of aromatic nitrogens is 1. The summed E-state index contributed by atoms with van der Waals surface area (Å²) in [5, 5.41) is 2.34. The standard InChI is InChI=1S/C7H8NOS.Li.H2O/c1-5(2)6-4-10-7(3-9)8-6;;/h4-5H,1-2H3;;1H2/q-1;+1;/p-1. The third-order valence-electron chi connectivity index (χ3n) is 1.20. The maximum absolute atomic E-state index is 10.1. The average Bonchev–Trinajstić information content (AvgIpc) is 2.34. The minimum absolute atomic E-state index is 0. The van der Waals surface area contributed by atoms with Crippen molar-refractivity contribution in [2.45, 2.75) is 19.8 Å². The van der Waals surface area contributed by atoms with Crippen molar-refractivity contribution in [2.24, 2.45) is 0 Å². The molecule has 0 aromatic carbocycles. The topological polar surface area (TPSA) is 60.0 Å². The van der Waals surface area contributed by atoms with Gasteiger partial charge in [0, 0.05) is 5.38 Å². The second kappa shape index (κ2) is 6.38. The molecular formula is C7H9LiNO2S-. The summed E-state index contributed by atoms with van der Waals surface area (Å²) in [7, 11) is 0. The molecule has 0 saturated carbocycles. The van der Waals surface area contributed by atoms with Crippen LogP contribution in [0.1, 0.15) is 30.5 Å². The van der Waals surface area contributed by atoms with Gasteiger partial charge < -0.3 is 10.3 Å². The quantitative estimate of drug-likeness (QED) is 0.411. The molecule has 0 aliphatic carbocycles. The second-order valence-corrected chi connectivity index (χ2v) is 3.19. The predicted octanol–water partition coefficient (Wildman–Crippen LogP) is -1.45. The third kappa shape index (κ3) is 3.50. The first-order valence-corrected chi connectivity index (χ1v) is 3.95. The van der Waals surface area contributed by atoms with Crippen molar-refractivity contribution in [1.29, 1.82) is 0 Å². The largest absolute Gasteiger partial charge is 1.00 e. The van der Waals surface area contributed by atoms with Crippen LogP contribution in [0.4, 0.5) is 0 Å². The SMILES string of the molecule is CC(C)c1csc([C-]=O)n1.[Li+].[OH-]. The molecule has 1 heterocycles. The zero-order chi connectivity index (χ0) is 7.56. The number of carbonyl (C=O) groups excluding carboxylic acids is 1. The van der Waals surface area contributed by atoms with E-state index in [2.05, 4.69) is 4.98 Å². The van der Waals surface area contributed by atoms with Crippen molar-refractivity contribution >= 4 is 17.6 Å². The van der Waals surface area contributed by atoms with Crippen LogP contribution in [-0.2, 0) is 4.79 Å². The molecule has 62 valence electrons. The van der Waals surface area contributed by atoms with Gasteiger partial charge in [-0.05, 0) is 10.9 Å². The normalized spacial score (nSPS) is 8.58. The minimum atomic E-state index is 0. The van der Waals surface area contributed by atoms with E-state index in [-0.39, 0.29) is 24.3 Å². The molecule has 12 heavy (non-hydrogen) atoms. The van der Waals surface area contributed by atoms with Crippen molar-refractivity contribution in [2.75, 3.05) is 0 Å². The first-order chi connectivity index (χ1) is 4.74.